The summed E-state index contributed by atoms with van der Waals surface area (Å²) in [6, 6.07) is 11.5. The van der Waals surface area contributed by atoms with Crippen molar-refractivity contribution < 1.29 is 9.53 Å². The maximum atomic E-state index is 10.8. The Morgan fingerprint density at radius 1 is 1.20 bits per heavy atom. The van der Waals surface area contributed by atoms with Gasteiger partial charge in [-0.2, -0.15) is 0 Å². The lowest BCUT2D eigenvalue weighted by atomic mass is 9.97. The fourth-order valence-corrected chi connectivity index (χ4v) is 2.91. The average Bonchev–Trinajstić information content (AvgIpc) is 2.71. The van der Waals surface area contributed by atoms with Crippen LogP contribution in [0, 0.1) is 0 Å². The Kier molecular flexibility index (Phi) is 3.06. The molecule has 102 valence electrons. The first-order valence-corrected chi connectivity index (χ1v) is 6.93. The Morgan fingerprint density at radius 3 is 2.70 bits per heavy atom. The van der Waals surface area contributed by atoms with Crippen LogP contribution in [-0.4, -0.2) is 11.9 Å². The van der Waals surface area contributed by atoms with Gasteiger partial charge < -0.3 is 4.74 Å². The molecule has 2 nitrogen and oxygen atoms in total. The van der Waals surface area contributed by atoms with Crippen molar-refractivity contribution in [1.82, 2.24) is 0 Å². The van der Waals surface area contributed by atoms with E-state index in [9.17, 15) is 4.79 Å². The topological polar surface area (TPSA) is 26.3 Å². The smallest absolute Gasteiger partial charge is 0.150 e. The van der Waals surface area contributed by atoms with E-state index >= 15 is 0 Å². The van der Waals surface area contributed by atoms with E-state index in [1.54, 1.807) is 12.1 Å². The molecule has 0 fully saturated rings. The van der Waals surface area contributed by atoms with Crippen LogP contribution in [0.1, 0.15) is 29.8 Å². The van der Waals surface area contributed by atoms with E-state index in [0.717, 1.165) is 29.6 Å². The summed E-state index contributed by atoms with van der Waals surface area (Å²) in [6.45, 7) is 4.16. The molecule has 0 saturated carbocycles. The van der Waals surface area contributed by atoms with Crippen molar-refractivity contribution in [1.29, 1.82) is 0 Å². The van der Waals surface area contributed by atoms with Crippen LogP contribution in [0.3, 0.4) is 0 Å². The van der Waals surface area contributed by atoms with Crippen molar-refractivity contribution in [3.63, 3.8) is 0 Å². The lowest BCUT2D eigenvalue weighted by Gasteiger charge is -2.16. The van der Waals surface area contributed by atoms with E-state index in [2.05, 4.69) is 19.9 Å². The molecule has 1 aliphatic heterocycles. The van der Waals surface area contributed by atoms with Crippen LogP contribution in [0.15, 0.2) is 36.4 Å². The van der Waals surface area contributed by atoms with E-state index in [1.165, 1.54) is 5.56 Å². The maximum absolute atomic E-state index is 10.8. The van der Waals surface area contributed by atoms with Gasteiger partial charge in [-0.25, -0.2) is 0 Å². The Hall–Kier alpha value is -1.80. The van der Waals surface area contributed by atoms with Crippen molar-refractivity contribution in [2.75, 3.05) is 0 Å². The molecule has 20 heavy (non-hydrogen) atoms. The van der Waals surface area contributed by atoms with Crippen LogP contribution in [0.5, 0.6) is 5.75 Å². The van der Waals surface area contributed by atoms with Gasteiger partial charge in [0.1, 0.15) is 17.6 Å². The highest BCUT2D eigenvalue weighted by Crippen LogP contribution is 2.38. The Morgan fingerprint density at radius 2 is 2.00 bits per heavy atom. The van der Waals surface area contributed by atoms with Gasteiger partial charge in [0.25, 0.3) is 0 Å². The summed E-state index contributed by atoms with van der Waals surface area (Å²) in [4.78, 5) is 10.8. The molecule has 1 heterocycles. The first-order chi connectivity index (χ1) is 9.48. The quantitative estimate of drug-likeness (QED) is 0.758. The summed E-state index contributed by atoms with van der Waals surface area (Å²) in [5.41, 5.74) is 3.62. The zero-order valence-electron chi connectivity index (χ0n) is 11.4. The van der Waals surface area contributed by atoms with Gasteiger partial charge in [0.05, 0.1) is 0 Å². The fraction of sp³-hybridized carbons (Fsp3) is 0.235. The molecule has 0 atom stereocenters. The fourth-order valence-electron chi connectivity index (χ4n) is 2.62. The molecule has 3 heteroatoms. The van der Waals surface area contributed by atoms with E-state index in [0.29, 0.717) is 10.6 Å². The number of benzene rings is 2. The Labute approximate surface area is 123 Å². The minimum Gasteiger partial charge on any atom is -0.487 e. The molecule has 1 aliphatic rings. The van der Waals surface area contributed by atoms with Crippen molar-refractivity contribution >= 4 is 17.9 Å². The van der Waals surface area contributed by atoms with Gasteiger partial charge in [-0.05, 0) is 43.2 Å². The average molecular weight is 287 g/mol. The largest absolute Gasteiger partial charge is 0.487 e. The SMILES string of the molecule is CC1(C)Cc2cc(-c3ccc(C=O)cc3Cl)ccc2O1. The van der Waals surface area contributed by atoms with E-state index in [1.807, 2.05) is 18.2 Å². The number of aldehydes is 1. The number of carbonyl (C=O) groups is 1. The second kappa shape index (κ2) is 4.64. The molecule has 3 rings (SSSR count). The van der Waals surface area contributed by atoms with Crippen LogP contribution < -0.4 is 4.74 Å². The molecule has 0 aliphatic carbocycles. The third-order valence-corrected chi connectivity index (χ3v) is 3.82. The molecule has 0 N–H and O–H groups in total. The lowest BCUT2D eigenvalue weighted by molar-refractivity contribution is 0.112. The molecule has 0 radical (unpaired) electrons. The van der Waals surface area contributed by atoms with Crippen molar-refractivity contribution in [2.45, 2.75) is 25.9 Å². The summed E-state index contributed by atoms with van der Waals surface area (Å²) >= 11 is 6.26. The third-order valence-electron chi connectivity index (χ3n) is 3.50. The Balaban J connectivity index is 2.03. The second-order valence-corrected chi connectivity index (χ2v) is 6.13. The summed E-state index contributed by atoms with van der Waals surface area (Å²) in [5, 5.41) is 0.590. The molecule has 0 bridgehead atoms. The number of carbonyl (C=O) groups excluding carboxylic acids is 1. The molecular weight excluding hydrogens is 272 g/mol. The highest BCUT2D eigenvalue weighted by Gasteiger charge is 2.30. The predicted octanol–water partition coefficient (Wildman–Crippen LogP) is 4.53. The first kappa shape index (κ1) is 13.2. The molecule has 2 aromatic rings. The molecule has 2 aromatic carbocycles. The van der Waals surface area contributed by atoms with Gasteiger partial charge >= 0.3 is 0 Å². The maximum Gasteiger partial charge on any atom is 0.150 e. The number of halogens is 1. The van der Waals surface area contributed by atoms with Crippen molar-refractivity contribution in [3.05, 3.63) is 52.5 Å². The number of rotatable bonds is 2. The zero-order chi connectivity index (χ0) is 14.3. The first-order valence-electron chi connectivity index (χ1n) is 6.55. The van der Waals surface area contributed by atoms with Gasteiger partial charge in [-0.15, -0.1) is 0 Å². The van der Waals surface area contributed by atoms with Crippen molar-refractivity contribution in [2.24, 2.45) is 0 Å². The zero-order valence-corrected chi connectivity index (χ0v) is 12.2. The summed E-state index contributed by atoms with van der Waals surface area (Å²) < 4.78 is 5.87. The number of hydrogen-bond donors (Lipinski definition) is 0. The standard InChI is InChI=1S/C17H15ClO2/c1-17(2)9-13-8-12(4-6-16(13)20-17)14-5-3-11(10-19)7-15(14)18/h3-8,10H,9H2,1-2H3. The van der Waals surface area contributed by atoms with Gasteiger partial charge in [0, 0.05) is 22.6 Å². The monoisotopic (exact) mass is 286 g/mol. The van der Waals surface area contributed by atoms with Crippen LogP contribution in [-0.2, 0) is 6.42 Å². The van der Waals surface area contributed by atoms with E-state index < -0.39 is 0 Å². The van der Waals surface area contributed by atoms with E-state index in [-0.39, 0.29) is 5.60 Å². The predicted molar refractivity (Wildman–Crippen MR) is 80.7 cm³/mol. The minimum atomic E-state index is -0.147. The van der Waals surface area contributed by atoms with Gasteiger partial charge in [0.15, 0.2) is 0 Å². The second-order valence-electron chi connectivity index (χ2n) is 5.72. The van der Waals surface area contributed by atoms with Crippen LogP contribution in [0.25, 0.3) is 11.1 Å². The molecule has 0 aromatic heterocycles. The van der Waals surface area contributed by atoms with Gasteiger partial charge in [-0.1, -0.05) is 29.8 Å². The van der Waals surface area contributed by atoms with Gasteiger partial charge in [0.2, 0.25) is 0 Å². The van der Waals surface area contributed by atoms with Crippen LogP contribution >= 0.6 is 11.6 Å². The molecule has 0 amide bonds. The van der Waals surface area contributed by atoms with Gasteiger partial charge in [-0.3, -0.25) is 4.79 Å². The summed E-state index contributed by atoms with van der Waals surface area (Å²) in [6.07, 6.45) is 1.69. The summed E-state index contributed by atoms with van der Waals surface area (Å²) in [5.74, 6) is 0.944. The number of fused-ring (bicyclic) bond motifs is 1. The number of hydrogen-bond acceptors (Lipinski definition) is 2. The normalized spacial score (nSPS) is 15.6. The minimum absolute atomic E-state index is 0.147. The summed E-state index contributed by atoms with van der Waals surface area (Å²) in [7, 11) is 0. The van der Waals surface area contributed by atoms with E-state index in [4.69, 9.17) is 16.3 Å². The lowest BCUT2D eigenvalue weighted by Crippen LogP contribution is -2.24. The molecule has 0 spiro atoms. The number of ether oxygens (including phenoxy) is 1. The van der Waals surface area contributed by atoms with Crippen molar-refractivity contribution in [3.8, 4) is 16.9 Å². The van der Waals surface area contributed by atoms with Crippen LogP contribution in [0.2, 0.25) is 5.02 Å². The molecule has 0 unspecified atom stereocenters. The third kappa shape index (κ3) is 2.32. The molecule has 0 saturated heterocycles. The highest BCUT2D eigenvalue weighted by molar-refractivity contribution is 6.33. The molecular formula is C17H15ClO2. The van der Waals surface area contributed by atoms with Crippen LogP contribution in [0.4, 0.5) is 0 Å². The Bertz CT molecular complexity index is 689. The highest BCUT2D eigenvalue weighted by atomic mass is 35.5.